The number of ketones is 3. The number of hydrogen-bond donors (Lipinski definition) is 3. The second-order valence-corrected chi connectivity index (χ2v) is 7.12. The number of aryl methyl sites for hydroxylation is 1. The van der Waals surface area contributed by atoms with Crippen molar-refractivity contribution < 1.29 is 29.7 Å². The van der Waals surface area contributed by atoms with Crippen LogP contribution in [0.5, 0.6) is 11.5 Å². The average Bonchev–Trinajstić information content (AvgIpc) is 2.67. The smallest absolute Gasteiger partial charge is 0.198 e. The molecule has 0 fully saturated rings. The summed E-state index contributed by atoms with van der Waals surface area (Å²) in [5.41, 5.74) is 1.40. The first-order valence-electron chi connectivity index (χ1n) is 8.79. The molecule has 0 saturated heterocycles. The highest BCUT2D eigenvalue weighted by Crippen LogP contribution is 2.46. The molecular formula is C21H18O6. The van der Waals surface area contributed by atoms with Crippen molar-refractivity contribution in [3.8, 4) is 11.5 Å². The Labute approximate surface area is 155 Å². The molecule has 2 aromatic rings. The lowest BCUT2D eigenvalue weighted by Crippen LogP contribution is -2.28. The van der Waals surface area contributed by atoms with Crippen LogP contribution >= 0.6 is 0 Å². The molecular weight excluding hydrogens is 348 g/mol. The Morgan fingerprint density at radius 2 is 1.70 bits per heavy atom. The Hall–Kier alpha value is -2.99. The Balaban J connectivity index is 1.95. The normalized spacial score (nSPS) is 17.9. The van der Waals surface area contributed by atoms with Gasteiger partial charge in [-0.2, -0.15) is 0 Å². The molecule has 6 heteroatoms. The highest BCUT2D eigenvalue weighted by atomic mass is 16.3. The van der Waals surface area contributed by atoms with Gasteiger partial charge >= 0.3 is 0 Å². The third kappa shape index (κ3) is 2.33. The Morgan fingerprint density at radius 1 is 1.04 bits per heavy atom. The molecule has 0 unspecified atom stereocenters. The van der Waals surface area contributed by atoms with Crippen molar-refractivity contribution in [3.05, 3.63) is 57.1 Å². The first-order chi connectivity index (χ1) is 12.9. The number of phenolic OH excluding ortho intramolecular Hbond substituents is 2. The zero-order valence-electron chi connectivity index (χ0n) is 14.7. The van der Waals surface area contributed by atoms with Crippen molar-refractivity contribution in [2.45, 2.75) is 26.2 Å². The van der Waals surface area contributed by atoms with Crippen LogP contribution < -0.4 is 0 Å². The molecule has 27 heavy (non-hydrogen) atoms. The number of carbonyl (C=O) groups excluding carboxylic acids is 3. The van der Waals surface area contributed by atoms with Crippen LogP contribution in [0.15, 0.2) is 18.2 Å². The number of rotatable bonds is 2. The van der Waals surface area contributed by atoms with E-state index in [4.69, 9.17) is 5.11 Å². The average molecular weight is 366 g/mol. The fourth-order valence-corrected chi connectivity index (χ4v) is 4.24. The van der Waals surface area contributed by atoms with Crippen LogP contribution in [0.2, 0.25) is 0 Å². The molecule has 1 atom stereocenters. The van der Waals surface area contributed by atoms with Crippen LogP contribution in [0.3, 0.4) is 0 Å². The minimum absolute atomic E-state index is 0.115. The number of fused-ring (bicyclic) bond motifs is 3. The molecule has 0 heterocycles. The van der Waals surface area contributed by atoms with Crippen LogP contribution in [0, 0.1) is 12.8 Å². The van der Waals surface area contributed by atoms with Crippen molar-refractivity contribution in [1.82, 2.24) is 0 Å². The molecule has 6 nitrogen and oxygen atoms in total. The highest BCUT2D eigenvalue weighted by molar-refractivity contribution is 6.31. The molecule has 0 radical (unpaired) electrons. The van der Waals surface area contributed by atoms with Crippen molar-refractivity contribution >= 4 is 17.3 Å². The molecule has 0 amide bonds. The third-order valence-electron chi connectivity index (χ3n) is 5.66. The van der Waals surface area contributed by atoms with E-state index in [1.165, 1.54) is 6.07 Å². The van der Waals surface area contributed by atoms with Crippen molar-refractivity contribution in [3.63, 3.8) is 0 Å². The number of Topliss-reactive ketones (excluding diaryl/α,β-unsaturated/α-hetero) is 1. The molecule has 0 bridgehead atoms. The van der Waals surface area contributed by atoms with Crippen LogP contribution in [0.25, 0.3) is 0 Å². The van der Waals surface area contributed by atoms with Gasteiger partial charge in [0.25, 0.3) is 0 Å². The van der Waals surface area contributed by atoms with Gasteiger partial charge in [-0.15, -0.1) is 0 Å². The molecule has 0 aromatic heterocycles. The summed E-state index contributed by atoms with van der Waals surface area (Å²) in [6.45, 7) is 1.12. The van der Waals surface area contributed by atoms with Gasteiger partial charge in [-0.1, -0.05) is 18.2 Å². The van der Waals surface area contributed by atoms with E-state index in [2.05, 4.69) is 0 Å². The van der Waals surface area contributed by atoms with Gasteiger partial charge < -0.3 is 15.3 Å². The molecule has 2 aromatic carbocycles. The quantitative estimate of drug-likeness (QED) is 0.597. The highest BCUT2D eigenvalue weighted by Gasteiger charge is 2.40. The monoisotopic (exact) mass is 366 g/mol. The number of hydrogen-bond acceptors (Lipinski definition) is 6. The maximum absolute atomic E-state index is 13.0. The van der Waals surface area contributed by atoms with Crippen molar-refractivity contribution in [1.29, 1.82) is 0 Å². The molecule has 3 N–H and O–H groups in total. The van der Waals surface area contributed by atoms with Crippen LogP contribution in [-0.4, -0.2) is 39.3 Å². The fourth-order valence-electron chi connectivity index (χ4n) is 4.24. The largest absolute Gasteiger partial charge is 0.507 e. The van der Waals surface area contributed by atoms with Crippen molar-refractivity contribution in [2.24, 2.45) is 5.92 Å². The predicted molar refractivity (Wildman–Crippen MR) is 95.4 cm³/mol. The molecule has 0 spiro atoms. The van der Waals surface area contributed by atoms with Gasteiger partial charge in [-0.25, -0.2) is 0 Å². The third-order valence-corrected chi connectivity index (χ3v) is 5.66. The molecule has 4 rings (SSSR count). The predicted octanol–water partition coefficient (Wildman–Crippen LogP) is 1.85. The SMILES string of the molecule is Cc1cccc2c1C(=O)c1c(O)c3c(c(O)c1C2=O)C[C@@H](C(=O)CO)CC3. The lowest BCUT2D eigenvalue weighted by atomic mass is 9.74. The van der Waals surface area contributed by atoms with E-state index < -0.39 is 24.1 Å². The topological polar surface area (TPSA) is 112 Å². The van der Waals surface area contributed by atoms with Crippen molar-refractivity contribution in [2.75, 3.05) is 6.61 Å². The number of phenols is 2. The number of carbonyl (C=O) groups is 3. The fraction of sp³-hybridized carbons (Fsp3) is 0.286. The summed E-state index contributed by atoms with van der Waals surface area (Å²) in [6, 6.07) is 4.91. The summed E-state index contributed by atoms with van der Waals surface area (Å²) in [5, 5.41) is 30.7. The number of aliphatic hydroxyl groups excluding tert-OH is 1. The standard InChI is InChI=1S/C21H18O6/c1-9-3-2-4-12-15(9)21(27)17-16(19(12)25)20(26)13-7-10(14(23)8-22)5-6-11(13)18(17)24/h2-4,10,22,24,26H,5-8H2,1H3/t10-/m0/s1. The van der Waals surface area contributed by atoms with Crippen LogP contribution in [0.1, 0.15) is 55.0 Å². The van der Waals surface area contributed by atoms with E-state index in [1.54, 1.807) is 19.1 Å². The minimum atomic E-state index is -0.595. The van der Waals surface area contributed by atoms with Gasteiger partial charge in [-0.05, 0) is 31.7 Å². The second-order valence-electron chi connectivity index (χ2n) is 7.12. The van der Waals surface area contributed by atoms with Gasteiger partial charge in [0, 0.05) is 28.2 Å². The molecule has 2 aliphatic carbocycles. The molecule has 138 valence electrons. The van der Waals surface area contributed by atoms with E-state index >= 15 is 0 Å². The van der Waals surface area contributed by atoms with E-state index in [0.717, 1.165) is 0 Å². The maximum Gasteiger partial charge on any atom is 0.198 e. The zero-order valence-corrected chi connectivity index (χ0v) is 14.7. The molecule has 2 aliphatic rings. The Morgan fingerprint density at radius 3 is 2.41 bits per heavy atom. The number of aromatic hydroxyl groups is 2. The number of benzene rings is 2. The number of aliphatic hydroxyl groups is 1. The molecule has 0 saturated carbocycles. The van der Waals surface area contributed by atoms with Gasteiger partial charge in [0.2, 0.25) is 0 Å². The Kier molecular flexibility index (Phi) is 3.89. The summed E-state index contributed by atoms with van der Waals surface area (Å²) in [5.74, 6) is -2.48. The van der Waals surface area contributed by atoms with Gasteiger partial charge in [0.1, 0.15) is 18.1 Å². The van der Waals surface area contributed by atoms with Gasteiger partial charge in [0.05, 0.1) is 11.1 Å². The summed E-state index contributed by atoms with van der Waals surface area (Å²) in [6.07, 6.45) is 0.792. The first kappa shape index (κ1) is 17.4. The summed E-state index contributed by atoms with van der Waals surface area (Å²) < 4.78 is 0. The first-order valence-corrected chi connectivity index (χ1v) is 8.79. The van der Waals surface area contributed by atoms with Gasteiger partial charge in [-0.3, -0.25) is 14.4 Å². The summed E-state index contributed by atoms with van der Waals surface area (Å²) >= 11 is 0. The van der Waals surface area contributed by atoms with E-state index in [9.17, 15) is 24.6 Å². The van der Waals surface area contributed by atoms with Crippen LogP contribution in [0.4, 0.5) is 0 Å². The maximum atomic E-state index is 13.0. The zero-order chi connectivity index (χ0) is 19.5. The summed E-state index contributed by atoms with van der Waals surface area (Å²) in [7, 11) is 0. The molecule has 0 aliphatic heterocycles. The van der Waals surface area contributed by atoms with E-state index in [-0.39, 0.29) is 52.4 Å². The van der Waals surface area contributed by atoms with Crippen LogP contribution in [-0.2, 0) is 17.6 Å². The summed E-state index contributed by atoms with van der Waals surface area (Å²) in [4.78, 5) is 37.9. The van der Waals surface area contributed by atoms with E-state index in [0.29, 0.717) is 23.1 Å². The van der Waals surface area contributed by atoms with Gasteiger partial charge in [0.15, 0.2) is 17.3 Å². The minimum Gasteiger partial charge on any atom is -0.507 e. The lowest BCUT2D eigenvalue weighted by molar-refractivity contribution is -0.125. The Bertz CT molecular complexity index is 1030. The van der Waals surface area contributed by atoms with E-state index in [1.807, 2.05) is 0 Å². The lowest BCUT2D eigenvalue weighted by Gasteiger charge is -2.29. The second kappa shape index (κ2) is 6.03.